The van der Waals surface area contributed by atoms with E-state index in [0.29, 0.717) is 0 Å². The molecule has 80 valence electrons. The molecule has 0 saturated carbocycles. The van der Waals surface area contributed by atoms with Crippen LogP contribution >= 0.6 is 0 Å². The van der Waals surface area contributed by atoms with Gasteiger partial charge in [0.1, 0.15) is 5.76 Å². The molecule has 1 rings (SSSR count). The van der Waals surface area contributed by atoms with Gasteiger partial charge in [0.25, 0.3) is 0 Å². The molecule has 2 nitrogen and oxygen atoms in total. The van der Waals surface area contributed by atoms with E-state index in [1.807, 2.05) is 25.3 Å². The summed E-state index contributed by atoms with van der Waals surface area (Å²) in [6.07, 6.45) is 10.8. The quantitative estimate of drug-likeness (QED) is 0.698. The Hall–Kier alpha value is -1.57. The number of nitrogens with zero attached hydrogens (tertiary/aromatic N) is 1. The van der Waals surface area contributed by atoms with Crippen LogP contribution in [0.5, 0.6) is 0 Å². The van der Waals surface area contributed by atoms with Crippen molar-refractivity contribution in [3.05, 3.63) is 41.7 Å². The number of hydrogen-bond donors (Lipinski definition) is 0. The molecular formula is C13H17NO. The lowest BCUT2D eigenvalue weighted by Gasteiger charge is -2.08. The molecule has 0 saturated heterocycles. The van der Waals surface area contributed by atoms with Crippen molar-refractivity contribution in [1.29, 1.82) is 0 Å². The van der Waals surface area contributed by atoms with E-state index in [9.17, 15) is 0 Å². The van der Waals surface area contributed by atoms with Crippen molar-refractivity contribution in [2.75, 3.05) is 7.11 Å². The molecule has 0 aliphatic carbocycles. The van der Waals surface area contributed by atoms with E-state index >= 15 is 0 Å². The van der Waals surface area contributed by atoms with Crippen molar-refractivity contribution in [1.82, 2.24) is 4.98 Å². The van der Waals surface area contributed by atoms with Crippen LogP contribution in [-0.2, 0) is 4.74 Å². The summed E-state index contributed by atoms with van der Waals surface area (Å²) in [5.41, 5.74) is 2.18. The molecule has 1 aromatic rings. The summed E-state index contributed by atoms with van der Waals surface area (Å²) in [5.74, 6) is 0.883. The van der Waals surface area contributed by atoms with E-state index in [-0.39, 0.29) is 0 Å². The molecule has 1 aromatic heterocycles. The van der Waals surface area contributed by atoms with Crippen LogP contribution < -0.4 is 0 Å². The number of pyridine rings is 1. The average Bonchev–Trinajstić information content (AvgIpc) is 2.29. The minimum atomic E-state index is 0.883. The zero-order valence-electron chi connectivity index (χ0n) is 9.53. The lowest BCUT2D eigenvalue weighted by molar-refractivity contribution is 0.369. The molecule has 0 amide bonds. The van der Waals surface area contributed by atoms with Gasteiger partial charge in [-0.15, -0.1) is 0 Å². The molecule has 2 heteroatoms. The van der Waals surface area contributed by atoms with Gasteiger partial charge in [-0.3, -0.25) is 4.98 Å². The molecule has 0 N–H and O–H groups in total. The first-order valence-electron chi connectivity index (χ1n) is 5.14. The highest BCUT2D eigenvalue weighted by molar-refractivity contribution is 5.69. The van der Waals surface area contributed by atoms with Crippen LogP contribution in [0.3, 0.4) is 0 Å². The third kappa shape index (κ3) is 2.94. The van der Waals surface area contributed by atoms with Crippen molar-refractivity contribution in [2.45, 2.75) is 20.3 Å². The highest BCUT2D eigenvalue weighted by atomic mass is 16.5. The molecule has 0 bridgehead atoms. The molecule has 0 aromatic carbocycles. The Morgan fingerprint density at radius 3 is 2.93 bits per heavy atom. The van der Waals surface area contributed by atoms with Crippen molar-refractivity contribution in [3.8, 4) is 0 Å². The summed E-state index contributed by atoms with van der Waals surface area (Å²) in [4.78, 5) is 4.12. The lowest BCUT2D eigenvalue weighted by atomic mass is 10.1. The molecule has 0 radical (unpaired) electrons. The topological polar surface area (TPSA) is 22.1 Å². The van der Waals surface area contributed by atoms with Crippen LogP contribution in [0, 0.1) is 0 Å². The molecule has 0 fully saturated rings. The average molecular weight is 203 g/mol. The van der Waals surface area contributed by atoms with Crippen LogP contribution in [0.15, 0.2) is 30.6 Å². The number of ether oxygens (including phenoxy) is 1. The Balaban J connectivity index is 3.11. The third-order valence-electron chi connectivity index (χ3n) is 2.13. The maximum atomic E-state index is 5.31. The van der Waals surface area contributed by atoms with Crippen LogP contribution in [0.1, 0.15) is 31.4 Å². The predicted molar refractivity (Wildman–Crippen MR) is 64.2 cm³/mol. The predicted octanol–water partition coefficient (Wildman–Crippen LogP) is 3.51. The Morgan fingerprint density at radius 2 is 2.33 bits per heavy atom. The number of aromatic nitrogens is 1. The molecule has 0 atom stereocenters. The Kier molecular flexibility index (Phi) is 4.61. The zero-order chi connectivity index (χ0) is 11.1. The van der Waals surface area contributed by atoms with Crippen LogP contribution in [0.2, 0.25) is 0 Å². The van der Waals surface area contributed by atoms with E-state index < -0.39 is 0 Å². The van der Waals surface area contributed by atoms with Crippen LogP contribution in [-0.4, -0.2) is 12.1 Å². The van der Waals surface area contributed by atoms with E-state index in [1.54, 1.807) is 13.3 Å². The number of allylic oxidation sites excluding steroid dienone is 2. The van der Waals surface area contributed by atoms with Crippen molar-refractivity contribution in [3.63, 3.8) is 0 Å². The second-order valence-corrected chi connectivity index (χ2v) is 3.13. The van der Waals surface area contributed by atoms with Gasteiger partial charge in [0, 0.05) is 23.5 Å². The second-order valence-electron chi connectivity index (χ2n) is 3.13. The number of hydrogen-bond acceptors (Lipinski definition) is 2. The van der Waals surface area contributed by atoms with Crippen molar-refractivity contribution < 1.29 is 4.74 Å². The smallest absolute Gasteiger partial charge is 0.122 e. The van der Waals surface area contributed by atoms with Gasteiger partial charge < -0.3 is 4.74 Å². The molecule has 0 aliphatic heterocycles. The first-order chi connectivity index (χ1) is 7.33. The third-order valence-corrected chi connectivity index (χ3v) is 2.13. The Labute approximate surface area is 91.3 Å². The largest absolute Gasteiger partial charge is 0.496 e. The normalized spacial score (nSPS) is 12.1. The fraction of sp³-hybridized carbons (Fsp3) is 0.308. The van der Waals surface area contributed by atoms with Gasteiger partial charge in [0.2, 0.25) is 0 Å². The number of rotatable bonds is 4. The monoisotopic (exact) mass is 203 g/mol. The van der Waals surface area contributed by atoms with E-state index in [2.05, 4.69) is 24.1 Å². The molecule has 0 aliphatic rings. The second kappa shape index (κ2) is 6.02. The minimum Gasteiger partial charge on any atom is -0.496 e. The molecular weight excluding hydrogens is 186 g/mol. The van der Waals surface area contributed by atoms with Gasteiger partial charge in [-0.25, -0.2) is 0 Å². The molecule has 15 heavy (non-hydrogen) atoms. The van der Waals surface area contributed by atoms with E-state index in [4.69, 9.17) is 4.74 Å². The van der Waals surface area contributed by atoms with E-state index in [1.165, 1.54) is 0 Å². The fourth-order valence-corrected chi connectivity index (χ4v) is 1.39. The van der Waals surface area contributed by atoms with Crippen LogP contribution in [0.25, 0.3) is 11.8 Å². The van der Waals surface area contributed by atoms with Gasteiger partial charge in [0.15, 0.2) is 0 Å². The van der Waals surface area contributed by atoms with E-state index in [0.717, 1.165) is 23.3 Å². The number of methoxy groups -OCH3 is 1. The fourth-order valence-electron chi connectivity index (χ4n) is 1.39. The van der Waals surface area contributed by atoms with Gasteiger partial charge in [-0.1, -0.05) is 19.1 Å². The lowest BCUT2D eigenvalue weighted by Crippen LogP contribution is -1.91. The standard InChI is InChI=1S/C13H17NO/c1-4-6-7-11-10-14-9-8-12(11)13(5-2)15-3/h5-10H,4H2,1-3H3/b7-6-,13-5+. The van der Waals surface area contributed by atoms with Gasteiger partial charge in [0.05, 0.1) is 7.11 Å². The summed E-state index contributed by atoms with van der Waals surface area (Å²) < 4.78 is 5.31. The highest BCUT2D eigenvalue weighted by Gasteiger charge is 2.04. The zero-order valence-corrected chi connectivity index (χ0v) is 9.53. The molecule has 0 spiro atoms. The summed E-state index contributed by atoms with van der Waals surface area (Å²) >= 11 is 0. The SMILES string of the molecule is C/C=C(/OC)c1ccncc1/C=C\CC. The summed E-state index contributed by atoms with van der Waals surface area (Å²) in [6, 6.07) is 1.97. The van der Waals surface area contributed by atoms with Crippen molar-refractivity contribution in [2.24, 2.45) is 0 Å². The Morgan fingerprint density at radius 1 is 1.53 bits per heavy atom. The highest BCUT2D eigenvalue weighted by Crippen LogP contribution is 2.20. The molecule has 0 unspecified atom stereocenters. The summed E-state index contributed by atoms with van der Waals surface area (Å²) in [5, 5.41) is 0. The summed E-state index contributed by atoms with van der Waals surface area (Å²) in [6.45, 7) is 4.08. The van der Waals surface area contributed by atoms with Gasteiger partial charge in [-0.2, -0.15) is 0 Å². The maximum absolute atomic E-state index is 5.31. The van der Waals surface area contributed by atoms with Gasteiger partial charge in [-0.05, 0) is 25.5 Å². The first-order valence-corrected chi connectivity index (χ1v) is 5.14. The summed E-state index contributed by atoms with van der Waals surface area (Å²) in [7, 11) is 1.68. The Bertz CT molecular complexity index is 367. The van der Waals surface area contributed by atoms with Crippen molar-refractivity contribution >= 4 is 11.8 Å². The van der Waals surface area contributed by atoms with Crippen LogP contribution in [0.4, 0.5) is 0 Å². The molecule has 1 heterocycles. The van der Waals surface area contributed by atoms with Gasteiger partial charge >= 0.3 is 0 Å². The first kappa shape index (κ1) is 11.5. The maximum Gasteiger partial charge on any atom is 0.122 e. The minimum absolute atomic E-state index is 0.883.